The van der Waals surface area contributed by atoms with Gasteiger partial charge in [-0.3, -0.25) is 0 Å². The first kappa shape index (κ1) is 14.1. The van der Waals surface area contributed by atoms with Gasteiger partial charge in [0.1, 0.15) is 17.2 Å². The van der Waals surface area contributed by atoms with E-state index in [-0.39, 0.29) is 17.5 Å². The van der Waals surface area contributed by atoms with Crippen LogP contribution < -0.4 is 10.5 Å². The lowest BCUT2D eigenvalue weighted by Gasteiger charge is -2.39. The topological polar surface area (TPSA) is 35.2 Å². The van der Waals surface area contributed by atoms with Crippen molar-refractivity contribution in [1.29, 1.82) is 0 Å². The largest absolute Gasteiger partial charge is 0.487 e. The molecule has 0 aromatic heterocycles. The van der Waals surface area contributed by atoms with E-state index in [4.69, 9.17) is 10.5 Å². The maximum Gasteiger partial charge on any atom is 0.125 e. The predicted molar refractivity (Wildman–Crippen MR) is 81.7 cm³/mol. The van der Waals surface area contributed by atoms with Gasteiger partial charge in [-0.25, -0.2) is 4.39 Å². The van der Waals surface area contributed by atoms with Crippen molar-refractivity contribution in [2.45, 2.75) is 37.8 Å². The zero-order valence-electron chi connectivity index (χ0n) is 12.2. The summed E-state index contributed by atoms with van der Waals surface area (Å²) >= 11 is 0. The first-order valence-electron chi connectivity index (χ1n) is 7.34. The molecule has 2 nitrogen and oxygen atoms in total. The summed E-state index contributed by atoms with van der Waals surface area (Å²) in [4.78, 5) is 0. The third kappa shape index (κ3) is 3.08. The Morgan fingerprint density at radius 3 is 2.76 bits per heavy atom. The molecule has 21 heavy (non-hydrogen) atoms. The molecule has 0 spiro atoms. The van der Waals surface area contributed by atoms with Crippen LogP contribution in [0, 0.1) is 5.82 Å². The van der Waals surface area contributed by atoms with Crippen LogP contribution in [0.25, 0.3) is 0 Å². The van der Waals surface area contributed by atoms with E-state index >= 15 is 0 Å². The maximum absolute atomic E-state index is 13.3. The molecular formula is C18H20FNO. The van der Waals surface area contributed by atoms with Crippen LogP contribution in [-0.2, 0) is 6.42 Å². The fourth-order valence-electron chi connectivity index (χ4n) is 2.99. The smallest absolute Gasteiger partial charge is 0.125 e. The lowest BCUT2D eigenvalue weighted by molar-refractivity contribution is 0.0456. The van der Waals surface area contributed by atoms with E-state index in [1.165, 1.54) is 17.7 Å². The highest BCUT2D eigenvalue weighted by Gasteiger charge is 2.35. The standard InChI is InChI=1S/C18H20FNO/c1-18(10-9-13-5-3-2-4-6-13)12-16(20)15-11-14(19)7-8-17(15)21-18/h2-8,11,16H,9-10,12,20H2,1H3/t16-,18?/m1/s1. The highest BCUT2D eigenvalue weighted by Crippen LogP contribution is 2.40. The van der Waals surface area contributed by atoms with Crippen molar-refractivity contribution in [3.8, 4) is 5.75 Å². The van der Waals surface area contributed by atoms with Crippen LogP contribution in [0.3, 0.4) is 0 Å². The van der Waals surface area contributed by atoms with Crippen molar-refractivity contribution < 1.29 is 9.13 Å². The molecule has 0 fully saturated rings. The van der Waals surface area contributed by atoms with Gasteiger partial charge in [0.25, 0.3) is 0 Å². The molecule has 0 amide bonds. The maximum atomic E-state index is 13.3. The molecule has 1 unspecified atom stereocenters. The Bertz CT molecular complexity index is 628. The molecule has 110 valence electrons. The number of aryl methyl sites for hydroxylation is 1. The van der Waals surface area contributed by atoms with Gasteiger partial charge in [-0.05, 0) is 43.5 Å². The van der Waals surface area contributed by atoms with Gasteiger partial charge in [-0.2, -0.15) is 0 Å². The summed E-state index contributed by atoms with van der Waals surface area (Å²) in [7, 11) is 0. The Morgan fingerprint density at radius 2 is 2.00 bits per heavy atom. The molecule has 0 saturated heterocycles. The Labute approximate surface area is 124 Å². The normalized spacial score (nSPS) is 24.2. The molecule has 3 heteroatoms. The van der Waals surface area contributed by atoms with Crippen molar-refractivity contribution in [2.24, 2.45) is 5.73 Å². The van der Waals surface area contributed by atoms with Gasteiger partial charge in [0, 0.05) is 18.0 Å². The summed E-state index contributed by atoms with van der Waals surface area (Å²) in [6.07, 6.45) is 2.54. The van der Waals surface area contributed by atoms with Crippen molar-refractivity contribution in [1.82, 2.24) is 0 Å². The number of hydrogen-bond acceptors (Lipinski definition) is 2. The summed E-state index contributed by atoms with van der Waals surface area (Å²) in [6, 6.07) is 14.8. The van der Waals surface area contributed by atoms with E-state index in [1.807, 2.05) is 18.2 Å². The van der Waals surface area contributed by atoms with Gasteiger partial charge < -0.3 is 10.5 Å². The van der Waals surface area contributed by atoms with Crippen LogP contribution in [0.4, 0.5) is 4.39 Å². The van der Waals surface area contributed by atoms with Crippen LogP contribution in [0.1, 0.15) is 36.9 Å². The first-order valence-corrected chi connectivity index (χ1v) is 7.34. The molecule has 0 bridgehead atoms. The van der Waals surface area contributed by atoms with Crippen molar-refractivity contribution >= 4 is 0 Å². The van der Waals surface area contributed by atoms with Crippen LogP contribution >= 0.6 is 0 Å². The molecule has 2 aromatic rings. The molecule has 1 heterocycles. The third-order valence-electron chi connectivity index (χ3n) is 4.16. The second kappa shape index (κ2) is 5.49. The minimum Gasteiger partial charge on any atom is -0.487 e. The van der Waals surface area contributed by atoms with E-state index in [0.717, 1.165) is 18.4 Å². The average Bonchev–Trinajstić information content (AvgIpc) is 2.47. The number of ether oxygens (including phenoxy) is 1. The van der Waals surface area contributed by atoms with Crippen molar-refractivity contribution in [3.05, 3.63) is 65.5 Å². The van der Waals surface area contributed by atoms with Crippen LogP contribution in [-0.4, -0.2) is 5.60 Å². The summed E-state index contributed by atoms with van der Waals surface area (Å²) in [6.45, 7) is 2.09. The van der Waals surface area contributed by atoms with Gasteiger partial charge >= 0.3 is 0 Å². The van der Waals surface area contributed by atoms with Crippen molar-refractivity contribution in [2.75, 3.05) is 0 Å². The SMILES string of the molecule is CC1(CCc2ccccc2)C[C@@H](N)c2cc(F)ccc2O1. The third-order valence-corrected chi connectivity index (χ3v) is 4.16. The fourth-order valence-corrected chi connectivity index (χ4v) is 2.99. The Hall–Kier alpha value is -1.87. The monoisotopic (exact) mass is 285 g/mol. The van der Waals surface area contributed by atoms with Gasteiger partial charge in [0.2, 0.25) is 0 Å². The Balaban J connectivity index is 1.76. The van der Waals surface area contributed by atoms with E-state index in [2.05, 4.69) is 19.1 Å². The summed E-state index contributed by atoms with van der Waals surface area (Å²) < 4.78 is 19.4. The Kier molecular flexibility index (Phi) is 3.68. The zero-order valence-corrected chi connectivity index (χ0v) is 12.2. The van der Waals surface area contributed by atoms with Gasteiger partial charge in [-0.15, -0.1) is 0 Å². The van der Waals surface area contributed by atoms with Crippen LogP contribution in [0.5, 0.6) is 5.75 Å². The summed E-state index contributed by atoms with van der Waals surface area (Å²) in [5.74, 6) is 0.450. The molecule has 0 radical (unpaired) electrons. The van der Waals surface area contributed by atoms with E-state index in [0.29, 0.717) is 12.2 Å². The highest BCUT2D eigenvalue weighted by molar-refractivity contribution is 5.39. The molecule has 2 aromatic carbocycles. The first-order chi connectivity index (χ1) is 10.1. The summed E-state index contributed by atoms with van der Waals surface area (Å²) in [5.41, 5.74) is 7.97. The Morgan fingerprint density at radius 1 is 1.24 bits per heavy atom. The number of rotatable bonds is 3. The fraction of sp³-hybridized carbons (Fsp3) is 0.333. The lowest BCUT2D eigenvalue weighted by atomic mass is 9.85. The number of benzene rings is 2. The molecule has 0 saturated carbocycles. The minimum atomic E-state index is -0.305. The minimum absolute atomic E-state index is 0.176. The second-order valence-electron chi connectivity index (χ2n) is 6.03. The highest BCUT2D eigenvalue weighted by atomic mass is 19.1. The van der Waals surface area contributed by atoms with Crippen LogP contribution in [0.2, 0.25) is 0 Å². The molecule has 3 rings (SSSR count). The molecule has 2 atom stereocenters. The van der Waals surface area contributed by atoms with E-state index in [1.54, 1.807) is 6.07 Å². The lowest BCUT2D eigenvalue weighted by Crippen LogP contribution is -2.40. The average molecular weight is 285 g/mol. The van der Waals surface area contributed by atoms with Gasteiger partial charge in [0.15, 0.2) is 0 Å². The number of nitrogens with two attached hydrogens (primary N) is 1. The van der Waals surface area contributed by atoms with E-state index < -0.39 is 0 Å². The molecule has 1 aliphatic rings. The molecule has 2 N–H and O–H groups in total. The van der Waals surface area contributed by atoms with Crippen LogP contribution in [0.15, 0.2) is 48.5 Å². The molecular weight excluding hydrogens is 265 g/mol. The molecule has 0 aliphatic carbocycles. The van der Waals surface area contributed by atoms with Crippen molar-refractivity contribution in [3.63, 3.8) is 0 Å². The summed E-state index contributed by atoms with van der Waals surface area (Å²) in [5, 5.41) is 0. The van der Waals surface area contributed by atoms with Gasteiger partial charge in [-0.1, -0.05) is 30.3 Å². The predicted octanol–water partition coefficient (Wildman–Crippen LogP) is 4.00. The zero-order chi connectivity index (χ0) is 14.9. The number of fused-ring (bicyclic) bond motifs is 1. The number of hydrogen-bond donors (Lipinski definition) is 1. The number of halogens is 1. The second-order valence-corrected chi connectivity index (χ2v) is 6.03. The quantitative estimate of drug-likeness (QED) is 0.925. The molecule has 1 aliphatic heterocycles. The van der Waals surface area contributed by atoms with Gasteiger partial charge in [0.05, 0.1) is 0 Å². The van der Waals surface area contributed by atoms with E-state index in [9.17, 15) is 4.39 Å².